The number of benzene rings is 2. The van der Waals surface area contributed by atoms with E-state index < -0.39 is 0 Å². The third-order valence-corrected chi connectivity index (χ3v) is 5.92. The normalized spacial score (nSPS) is 17.5. The Bertz CT molecular complexity index is 858. The molecule has 0 unspecified atom stereocenters. The molecule has 0 saturated carbocycles. The summed E-state index contributed by atoms with van der Waals surface area (Å²) in [7, 11) is 0. The Balaban J connectivity index is 1.51. The van der Waals surface area contributed by atoms with E-state index in [-0.39, 0.29) is 12.3 Å². The maximum Gasteiger partial charge on any atom is 0.233 e. The number of para-hydroxylation sites is 1. The van der Waals surface area contributed by atoms with Crippen molar-refractivity contribution in [3.63, 3.8) is 0 Å². The van der Waals surface area contributed by atoms with Crippen LogP contribution < -0.4 is 4.90 Å². The van der Waals surface area contributed by atoms with Gasteiger partial charge in [0.25, 0.3) is 0 Å². The van der Waals surface area contributed by atoms with Crippen LogP contribution in [0.1, 0.15) is 25.0 Å². The Morgan fingerprint density at radius 3 is 2.59 bits per heavy atom. The topological polar surface area (TPSA) is 21.7 Å². The summed E-state index contributed by atoms with van der Waals surface area (Å²) in [6, 6.07) is 19.3. The van der Waals surface area contributed by atoms with Crippen LogP contribution in [0, 0.1) is 0 Å². The van der Waals surface area contributed by atoms with E-state index in [0.29, 0.717) is 0 Å². The predicted octanol–water partition coefficient (Wildman–Crippen LogP) is 5.45. The fraction of sp³-hybridized carbons (Fsp3) is 0.304. The van der Waals surface area contributed by atoms with Crippen LogP contribution in [0.5, 0.6) is 0 Å². The van der Waals surface area contributed by atoms with Crippen molar-refractivity contribution in [1.82, 2.24) is 0 Å². The summed E-state index contributed by atoms with van der Waals surface area (Å²) >= 11 is 2.00. The van der Waals surface area contributed by atoms with Crippen LogP contribution in [0.2, 0.25) is 0 Å². The first-order chi connectivity index (χ1) is 13.1. The number of hydrogen-bond donors (Lipinski definition) is 0. The third kappa shape index (κ3) is 3.86. The quantitative estimate of drug-likeness (QED) is 0.622. The Morgan fingerprint density at radius 1 is 1.04 bits per heavy atom. The van der Waals surface area contributed by atoms with E-state index in [1.807, 2.05) is 11.8 Å². The van der Waals surface area contributed by atoms with Gasteiger partial charge in [0.2, 0.25) is 12.7 Å². The van der Waals surface area contributed by atoms with Gasteiger partial charge in [0.1, 0.15) is 6.26 Å². The van der Waals surface area contributed by atoms with Crippen LogP contribution in [0.3, 0.4) is 0 Å². The summed E-state index contributed by atoms with van der Waals surface area (Å²) < 4.78 is 11.0. The molecule has 3 nitrogen and oxygen atoms in total. The molecule has 2 aliphatic rings. The van der Waals surface area contributed by atoms with Crippen LogP contribution in [-0.4, -0.2) is 23.8 Å². The second kappa shape index (κ2) is 7.73. The van der Waals surface area contributed by atoms with E-state index in [9.17, 15) is 0 Å². The maximum atomic E-state index is 5.70. The molecule has 4 heteroatoms. The molecular weight excluding hydrogens is 354 g/mol. The van der Waals surface area contributed by atoms with Gasteiger partial charge in [0.05, 0.1) is 11.2 Å². The van der Waals surface area contributed by atoms with Gasteiger partial charge in [-0.1, -0.05) is 54.6 Å². The molecule has 0 amide bonds. The molecule has 0 aromatic heterocycles. The van der Waals surface area contributed by atoms with Gasteiger partial charge in [-0.3, -0.25) is 0 Å². The molecule has 0 radical (unpaired) electrons. The zero-order valence-electron chi connectivity index (χ0n) is 15.9. The highest BCUT2D eigenvalue weighted by Gasteiger charge is 2.36. The van der Waals surface area contributed by atoms with Crippen LogP contribution in [0.15, 0.2) is 72.8 Å². The van der Waals surface area contributed by atoms with Crippen molar-refractivity contribution in [3.05, 3.63) is 83.9 Å². The minimum Gasteiger partial charge on any atom is -0.459 e. The maximum absolute atomic E-state index is 5.70. The average Bonchev–Trinajstić information content (AvgIpc) is 3.19. The van der Waals surface area contributed by atoms with Gasteiger partial charge in [-0.2, -0.15) is 11.8 Å². The molecule has 4 rings (SSSR count). The van der Waals surface area contributed by atoms with Crippen molar-refractivity contribution in [3.8, 4) is 0 Å². The second-order valence-corrected chi connectivity index (χ2v) is 8.45. The van der Waals surface area contributed by atoms with Gasteiger partial charge >= 0.3 is 0 Å². The van der Waals surface area contributed by atoms with Crippen molar-refractivity contribution in [1.29, 1.82) is 0 Å². The average molecular weight is 380 g/mol. The summed E-state index contributed by atoms with van der Waals surface area (Å²) in [6.45, 7) is 4.73. The lowest BCUT2D eigenvalue weighted by molar-refractivity contribution is 0.0765. The van der Waals surface area contributed by atoms with E-state index in [1.165, 1.54) is 22.4 Å². The highest BCUT2D eigenvalue weighted by molar-refractivity contribution is 7.99. The molecule has 0 atom stereocenters. The highest BCUT2D eigenvalue weighted by Crippen LogP contribution is 2.42. The number of anilines is 1. The summed E-state index contributed by atoms with van der Waals surface area (Å²) in [5.74, 6) is 2.91. The second-order valence-electron chi connectivity index (χ2n) is 7.35. The van der Waals surface area contributed by atoms with E-state index in [2.05, 4.69) is 79.4 Å². The molecule has 2 heterocycles. The lowest BCUT2D eigenvalue weighted by Gasteiger charge is -2.42. The van der Waals surface area contributed by atoms with Crippen molar-refractivity contribution < 1.29 is 9.47 Å². The number of aryl methyl sites for hydroxylation is 1. The molecule has 2 aromatic carbocycles. The first-order valence-corrected chi connectivity index (χ1v) is 10.5. The third-order valence-electron chi connectivity index (χ3n) is 4.91. The predicted molar refractivity (Wildman–Crippen MR) is 114 cm³/mol. The summed E-state index contributed by atoms with van der Waals surface area (Å²) in [5, 5.41) is 0. The molecule has 140 valence electrons. The molecule has 0 bridgehead atoms. The summed E-state index contributed by atoms with van der Waals surface area (Å²) in [5.41, 5.74) is 5.08. The number of rotatable bonds is 6. The van der Waals surface area contributed by atoms with E-state index in [4.69, 9.17) is 9.47 Å². The van der Waals surface area contributed by atoms with Gasteiger partial charge in [-0.05, 0) is 43.2 Å². The lowest BCUT2D eigenvalue weighted by Crippen LogP contribution is -2.44. The number of fused-ring (bicyclic) bond motifs is 1. The molecule has 0 saturated heterocycles. The Labute approximate surface area is 165 Å². The highest BCUT2D eigenvalue weighted by atomic mass is 32.2. The summed E-state index contributed by atoms with van der Waals surface area (Å²) in [6.07, 6.45) is 5.19. The Morgan fingerprint density at radius 2 is 1.81 bits per heavy atom. The molecular formula is C23H25NO2S. The lowest BCUT2D eigenvalue weighted by atomic mass is 9.89. The van der Waals surface area contributed by atoms with Gasteiger partial charge in [0.15, 0.2) is 0 Å². The van der Waals surface area contributed by atoms with Crippen molar-refractivity contribution >= 4 is 23.0 Å². The summed E-state index contributed by atoms with van der Waals surface area (Å²) in [4.78, 5) is 2.23. The minimum atomic E-state index is -0.177. The molecule has 0 fully saturated rings. The van der Waals surface area contributed by atoms with Crippen LogP contribution in [0.4, 0.5) is 5.69 Å². The molecule has 2 aromatic rings. The largest absolute Gasteiger partial charge is 0.459 e. The van der Waals surface area contributed by atoms with E-state index >= 15 is 0 Å². The van der Waals surface area contributed by atoms with E-state index in [0.717, 1.165) is 23.8 Å². The number of thioether (sulfide) groups is 1. The van der Waals surface area contributed by atoms with Gasteiger partial charge < -0.3 is 14.4 Å². The van der Waals surface area contributed by atoms with Crippen LogP contribution in [-0.2, 0) is 15.9 Å². The van der Waals surface area contributed by atoms with Gasteiger partial charge in [-0.25, -0.2) is 0 Å². The fourth-order valence-electron chi connectivity index (χ4n) is 3.71. The van der Waals surface area contributed by atoms with E-state index in [1.54, 1.807) is 6.26 Å². The molecule has 27 heavy (non-hydrogen) atoms. The van der Waals surface area contributed by atoms with Gasteiger partial charge in [0, 0.05) is 11.3 Å². The molecule has 0 N–H and O–H groups in total. The van der Waals surface area contributed by atoms with Crippen LogP contribution >= 0.6 is 11.8 Å². The fourth-order valence-corrected chi connectivity index (χ4v) is 4.69. The van der Waals surface area contributed by atoms with Crippen LogP contribution in [0.25, 0.3) is 5.57 Å². The first-order valence-electron chi connectivity index (χ1n) is 9.33. The number of hydrogen-bond acceptors (Lipinski definition) is 4. The van der Waals surface area contributed by atoms with Crippen molar-refractivity contribution in [2.75, 3.05) is 23.2 Å². The number of nitrogens with zero attached hydrogens (tertiary/aromatic N) is 1. The number of ether oxygens (including phenoxy) is 2. The molecule has 0 spiro atoms. The Kier molecular flexibility index (Phi) is 5.17. The smallest absolute Gasteiger partial charge is 0.233 e. The van der Waals surface area contributed by atoms with Crippen molar-refractivity contribution in [2.45, 2.75) is 25.8 Å². The zero-order chi connectivity index (χ0) is 18.7. The zero-order valence-corrected chi connectivity index (χ0v) is 16.7. The molecule has 2 aliphatic heterocycles. The first kappa shape index (κ1) is 18.1. The molecule has 0 aliphatic carbocycles. The SMILES string of the molecule is CC1(C)C=C(CSCCc2ccccc2)c2ccccc2N1C1=COCO1. The minimum absolute atomic E-state index is 0.177. The van der Waals surface area contributed by atoms with Crippen molar-refractivity contribution in [2.24, 2.45) is 0 Å². The Hall–Kier alpha value is -2.33. The standard InChI is InChI=1S/C23H25NO2S/c1-23(2)14-19(16-27-13-12-18-8-4-3-5-9-18)20-10-6-7-11-21(20)24(23)22-15-25-17-26-22/h3-11,14-15H,12-13,16-17H2,1-2H3. The van der Waals surface area contributed by atoms with Gasteiger partial charge in [-0.15, -0.1) is 0 Å². The monoisotopic (exact) mass is 379 g/mol.